The molecule has 0 unspecified atom stereocenters. The molecule has 28 heavy (non-hydrogen) atoms. The van der Waals surface area contributed by atoms with Gasteiger partial charge in [-0.15, -0.1) is 0 Å². The predicted octanol–water partition coefficient (Wildman–Crippen LogP) is 3.73. The number of anilines is 4. The minimum Gasteiger partial charge on any atom is -0.368 e. The zero-order valence-electron chi connectivity index (χ0n) is 15.8. The monoisotopic (exact) mass is 370 g/mol. The third-order valence-corrected chi connectivity index (χ3v) is 4.89. The van der Waals surface area contributed by atoms with Crippen LogP contribution >= 0.6 is 0 Å². The Morgan fingerprint density at radius 3 is 2.50 bits per heavy atom. The second kappa shape index (κ2) is 7.97. The number of nitrogens with zero attached hydrogens (tertiary/aromatic N) is 5. The van der Waals surface area contributed by atoms with E-state index in [2.05, 4.69) is 62.3 Å². The molecule has 0 aliphatic carbocycles. The van der Waals surface area contributed by atoms with Crippen molar-refractivity contribution < 1.29 is 0 Å². The Morgan fingerprint density at radius 1 is 0.929 bits per heavy atom. The van der Waals surface area contributed by atoms with Gasteiger partial charge in [0.05, 0.1) is 11.6 Å². The minimum absolute atomic E-state index is 0.617. The van der Waals surface area contributed by atoms with Gasteiger partial charge < -0.3 is 15.1 Å². The maximum Gasteiger partial charge on any atom is 0.135 e. The Morgan fingerprint density at radius 2 is 1.71 bits per heavy atom. The van der Waals surface area contributed by atoms with Gasteiger partial charge in [-0.2, -0.15) is 5.26 Å². The lowest BCUT2D eigenvalue weighted by Gasteiger charge is -2.36. The Balaban J connectivity index is 1.43. The molecule has 1 aliphatic rings. The first-order chi connectivity index (χ1) is 13.7. The van der Waals surface area contributed by atoms with Crippen molar-refractivity contribution in [2.24, 2.45) is 0 Å². The molecule has 140 valence electrons. The molecule has 0 spiro atoms. The average Bonchev–Trinajstić information content (AvgIpc) is 2.74. The van der Waals surface area contributed by atoms with Gasteiger partial charge in [0.1, 0.15) is 18.0 Å². The number of benzene rings is 2. The number of piperazine rings is 1. The van der Waals surface area contributed by atoms with E-state index in [1.807, 2.05) is 24.3 Å². The summed E-state index contributed by atoms with van der Waals surface area (Å²) in [5.41, 5.74) is 4.02. The van der Waals surface area contributed by atoms with E-state index in [0.29, 0.717) is 5.56 Å². The van der Waals surface area contributed by atoms with Crippen molar-refractivity contribution in [1.82, 2.24) is 9.97 Å². The Labute approximate surface area is 165 Å². The average molecular weight is 370 g/mol. The van der Waals surface area contributed by atoms with Crippen LogP contribution in [-0.2, 0) is 0 Å². The van der Waals surface area contributed by atoms with Crippen LogP contribution in [0.2, 0.25) is 0 Å². The summed E-state index contributed by atoms with van der Waals surface area (Å²) in [5, 5.41) is 12.3. The van der Waals surface area contributed by atoms with Crippen LogP contribution in [-0.4, -0.2) is 36.1 Å². The van der Waals surface area contributed by atoms with Crippen LogP contribution in [0, 0.1) is 18.3 Å². The molecule has 1 fully saturated rings. The van der Waals surface area contributed by atoms with Crippen molar-refractivity contribution in [3.05, 3.63) is 72.1 Å². The zero-order chi connectivity index (χ0) is 19.3. The summed E-state index contributed by atoms with van der Waals surface area (Å²) in [6.07, 6.45) is 1.58. The molecular formula is C22H22N6. The molecular weight excluding hydrogens is 348 g/mol. The number of hydrogen-bond donors (Lipinski definition) is 1. The van der Waals surface area contributed by atoms with Crippen molar-refractivity contribution in [2.45, 2.75) is 6.92 Å². The molecule has 1 aliphatic heterocycles. The normalized spacial score (nSPS) is 13.9. The van der Waals surface area contributed by atoms with Crippen LogP contribution in [0.25, 0.3) is 0 Å². The second-order valence-electron chi connectivity index (χ2n) is 6.89. The van der Waals surface area contributed by atoms with E-state index < -0.39 is 0 Å². The van der Waals surface area contributed by atoms with Gasteiger partial charge in [-0.3, -0.25) is 0 Å². The summed E-state index contributed by atoms with van der Waals surface area (Å²) >= 11 is 0. The number of aryl methyl sites for hydroxylation is 1. The van der Waals surface area contributed by atoms with Gasteiger partial charge in [-0.05, 0) is 42.8 Å². The quantitative estimate of drug-likeness (QED) is 0.755. The summed E-state index contributed by atoms with van der Waals surface area (Å²) in [4.78, 5) is 13.5. The lowest BCUT2D eigenvalue weighted by molar-refractivity contribution is 0.647. The zero-order valence-corrected chi connectivity index (χ0v) is 15.8. The molecule has 0 radical (unpaired) electrons. The Hall–Kier alpha value is -3.59. The first-order valence-electron chi connectivity index (χ1n) is 9.37. The number of rotatable bonds is 4. The van der Waals surface area contributed by atoms with Crippen LogP contribution in [0.5, 0.6) is 0 Å². The maximum atomic E-state index is 9.05. The highest BCUT2D eigenvalue weighted by molar-refractivity contribution is 5.61. The van der Waals surface area contributed by atoms with Crippen LogP contribution in [0.4, 0.5) is 23.0 Å². The molecule has 3 aromatic rings. The standard InChI is InChI=1S/C22H22N6/c1-17-4-2-7-20(12-17)27-8-10-28(11-9-27)22-14-21(24-16-25-22)26-19-6-3-5-18(13-19)15-23/h2-7,12-14,16H,8-11H2,1H3,(H,24,25,26). The summed E-state index contributed by atoms with van der Waals surface area (Å²) in [7, 11) is 0. The molecule has 2 aromatic carbocycles. The molecule has 6 heteroatoms. The molecule has 0 bridgehead atoms. The molecule has 0 saturated carbocycles. The summed E-state index contributed by atoms with van der Waals surface area (Å²) in [5.74, 6) is 1.64. The van der Waals surface area contributed by atoms with Gasteiger partial charge in [0, 0.05) is 43.6 Å². The molecule has 2 heterocycles. The van der Waals surface area contributed by atoms with Gasteiger partial charge >= 0.3 is 0 Å². The number of nitriles is 1. The van der Waals surface area contributed by atoms with Crippen LogP contribution in [0.3, 0.4) is 0 Å². The number of aromatic nitrogens is 2. The molecule has 1 saturated heterocycles. The summed E-state index contributed by atoms with van der Waals surface area (Å²) < 4.78 is 0. The predicted molar refractivity (Wildman–Crippen MR) is 112 cm³/mol. The summed E-state index contributed by atoms with van der Waals surface area (Å²) in [6, 6.07) is 20.1. The molecule has 1 aromatic heterocycles. The van der Waals surface area contributed by atoms with Crippen LogP contribution < -0.4 is 15.1 Å². The van der Waals surface area contributed by atoms with Gasteiger partial charge in [-0.1, -0.05) is 18.2 Å². The van der Waals surface area contributed by atoms with E-state index in [4.69, 9.17) is 5.26 Å². The molecule has 1 N–H and O–H groups in total. The maximum absolute atomic E-state index is 9.05. The number of nitrogens with one attached hydrogen (secondary N) is 1. The Kier molecular flexibility index (Phi) is 5.07. The molecule has 0 amide bonds. The summed E-state index contributed by atoms with van der Waals surface area (Å²) in [6.45, 7) is 5.87. The van der Waals surface area contributed by atoms with E-state index in [1.165, 1.54) is 11.3 Å². The fourth-order valence-corrected chi connectivity index (χ4v) is 3.42. The molecule has 6 nitrogen and oxygen atoms in total. The fourth-order valence-electron chi connectivity index (χ4n) is 3.42. The Bertz CT molecular complexity index is 1000. The van der Waals surface area contributed by atoms with E-state index in [0.717, 1.165) is 43.5 Å². The van der Waals surface area contributed by atoms with Crippen molar-refractivity contribution >= 4 is 23.0 Å². The van der Waals surface area contributed by atoms with Crippen LogP contribution in [0.15, 0.2) is 60.9 Å². The third-order valence-electron chi connectivity index (χ3n) is 4.89. The smallest absolute Gasteiger partial charge is 0.135 e. The largest absolute Gasteiger partial charge is 0.368 e. The van der Waals surface area contributed by atoms with Crippen molar-refractivity contribution in [3.63, 3.8) is 0 Å². The van der Waals surface area contributed by atoms with E-state index in [1.54, 1.807) is 12.4 Å². The third kappa shape index (κ3) is 4.04. The van der Waals surface area contributed by atoms with Crippen molar-refractivity contribution in [3.8, 4) is 6.07 Å². The van der Waals surface area contributed by atoms with E-state index in [9.17, 15) is 0 Å². The second-order valence-corrected chi connectivity index (χ2v) is 6.89. The minimum atomic E-state index is 0.617. The first kappa shape index (κ1) is 17.8. The highest BCUT2D eigenvalue weighted by atomic mass is 15.3. The van der Waals surface area contributed by atoms with Crippen molar-refractivity contribution in [1.29, 1.82) is 5.26 Å². The number of hydrogen-bond acceptors (Lipinski definition) is 6. The van der Waals surface area contributed by atoms with Gasteiger partial charge in [0.25, 0.3) is 0 Å². The first-order valence-corrected chi connectivity index (χ1v) is 9.37. The van der Waals surface area contributed by atoms with Crippen LogP contribution in [0.1, 0.15) is 11.1 Å². The molecule has 0 atom stereocenters. The topological polar surface area (TPSA) is 68.1 Å². The highest BCUT2D eigenvalue weighted by Gasteiger charge is 2.19. The SMILES string of the molecule is Cc1cccc(N2CCN(c3cc(Nc4cccc(C#N)c4)ncn3)CC2)c1. The van der Waals surface area contributed by atoms with Gasteiger partial charge in [0.2, 0.25) is 0 Å². The van der Waals surface area contributed by atoms with Gasteiger partial charge in [0.15, 0.2) is 0 Å². The highest BCUT2D eigenvalue weighted by Crippen LogP contribution is 2.22. The lowest BCUT2D eigenvalue weighted by atomic mass is 10.2. The lowest BCUT2D eigenvalue weighted by Crippen LogP contribution is -2.46. The van der Waals surface area contributed by atoms with Gasteiger partial charge in [-0.25, -0.2) is 9.97 Å². The van der Waals surface area contributed by atoms with E-state index >= 15 is 0 Å². The fraction of sp³-hybridized carbons (Fsp3) is 0.227. The van der Waals surface area contributed by atoms with E-state index in [-0.39, 0.29) is 0 Å². The molecule has 4 rings (SSSR count). The van der Waals surface area contributed by atoms with Crippen molar-refractivity contribution in [2.75, 3.05) is 41.3 Å².